The van der Waals surface area contributed by atoms with Gasteiger partial charge in [0.05, 0.1) is 6.04 Å². The van der Waals surface area contributed by atoms with Crippen LogP contribution in [0.15, 0.2) is 30.6 Å². The van der Waals surface area contributed by atoms with Gasteiger partial charge in [-0.05, 0) is 37.1 Å². The molecule has 1 aromatic heterocycles. The smallest absolute Gasteiger partial charge is 0.159 e. The molecular weight excluding hydrogens is 260 g/mol. The quantitative estimate of drug-likeness (QED) is 0.881. The number of aromatic nitrogens is 2. The minimum Gasteiger partial charge on any atom is -0.337 e. The molecule has 1 heterocycles. The molecule has 1 unspecified atom stereocenters. The first-order chi connectivity index (χ1) is 9.61. The second-order valence-corrected chi connectivity index (χ2v) is 4.86. The van der Waals surface area contributed by atoms with E-state index in [0.29, 0.717) is 6.42 Å². The minimum atomic E-state index is -0.816. The second-order valence-electron chi connectivity index (χ2n) is 4.86. The van der Waals surface area contributed by atoms with Gasteiger partial charge in [-0.1, -0.05) is 13.0 Å². The first-order valence-corrected chi connectivity index (χ1v) is 6.76. The van der Waals surface area contributed by atoms with Gasteiger partial charge in [0.2, 0.25) is 0 Å². The van der Waals surface area contributed by atoms with Crippen LogP contribution in [0.3, 0.4) is 0 Å². The highest BCUT2D eigenvalue weighted by atomic mass is 19.2. The van der Waals surface area contributed by atoms with Crippen molar-refractivity contribution in [1.82, 2.24) is 14.9 Å². The van der Waals surface area contributed by atoms with Crippen LogP contribution in [0.25, 0.3) is 0 Å². The van der Waals surface area contributed by atoms with Gasteiger partial charge in [0, 0.05) is 19.4 Å². The number of halogens is 2. The maximum Gasteiger partial charge on any atom is 0.159 e. The normalized spacial score (nSPS) is 12.6. The number of rotatable bonds is 6. The van der Waals surface area contributed by atoms with Crippen molar-refractivity contribution >= 4 is 0 Å². The third-order valence-electron chi connectivity index (χ3n) is 3.23. The number of nitrogens with one attached hydrogen (secondary N) is 1. The van der Waals surface area contributed by atoms with Crippen molar-refractivity contribution < 1.29 is 8.78 Å². The lowest BCUT2D eigenvalue weighted by Crippen LogP contribution is -2.26. The van der Waals surface area contributed by atoms with E-state index >= 15 is 0 Å². The van der Waals surface area contributed by atoms with E-state index in [-0.39, 0.29) is 6.04 Å². The van der Waals surface area contributed by atoms with Gasteiger partial charge in [0.25, 0.3) is 0 Å². The van der Waals surface area contributed by atoms with Crippen LogP contribution in [-0.2, 0) is 13.5 Å². The Morgan fingerprint density at radius 2 is 2.10 bits per heavy atom. The largest absolute Gasteiger partial charge is 0.337 e. The number of hydrogen-bond donors (Lipinski definition) is 1. The molecule has 3 nitrogen and oxygen atoms in total. The Morgan fingerprint density at radius 1 is 1.30 bits per heavy atom. The Kier molecular flexibility index (Phi) is 4.84. The van der Waals surface area contributed by atoms with Gasteiger partial charge in [-0.2, -0.15) is 0 Å². The Balaban J connectivity index is 2.19. The molecule has 108 valence electrons. The summed E-state index contributed by atoms with van der Waals surface area (Å²) in [6.07, 6.45) is 5.18. The molecule has 0 spiro atoms. The van der Waals surface area contributed by atoms with E-state index in [1.165, 1.54) is 12.1 Å². The molecule has 2 rings (SSSR count). The van der Waals surface area contributed by atoms with Crippen molar-refractivity contribution in [3.63, 3.8) is 0 Å². The highest BCUT2D eigenvalue weighted by Crippen LogP contribution is 2.18. The van der Waals surface area contributed by atoms with Crippen molar-refractivity contribution in [3.05, 3.63) is 53.6 Å². The van der Waals surface area contributed by atoms with Crippen LogP contribution in [0.1, 0.15) is 30.8 Å². The van der Waals surface area contributed by atoms with Gasteiger partial charge >= 0.3 is 0 Å². The number of nitrogens with zero attached hydrogens (tertiary/aromatic N) is 2. The zero-order valence-corrected chi connectivity index (χ0v) is 11.7. The van der Waals surface area contributed by atoms with E-state index < -0.39 is 11.6 Å². The first-order valence-electron chi connectivity index (χ1n) is 6.76. The van der Waals surface area contributed by atoms with E-state index in [1.807, 2.05) is 17.8 Å². The molecule has 0 amide bonds. The molecule has 0 saturated heterocycles. The molecule has 0 bridgehead atoms. The van der Waals surface area contributed by atoms with Crippen molar-refractivity contribution in [2.24, 2.45) is 7.05 Å². The van der Waals surface area contributed by atoms with Gasteiger partial charge in [-0.3, -0.25) is 0 Å². The summed E-state index contributed by atoms with van der Waals surface area (Å²) >= 11 is 0. The van der Waals surface area contributed by atoms with Crippen LogP contribution in [0.4, 0.5) is 8.78 Å². The van der Waals surface area contributed by atoms with Crippen LogP contribution < -0.4 is 5.32 Å². The third-order valence-corrected chi connectivity index (χ3v) is 3.23. The fourth-order valence-electron chi connectivity index (χ4n) is 2.19. The predicted octanol–water partition coefficient (Wildman–Crippen LogP) is 2.98. The number of imidazole rings is 1. The van der Waals surface area contributed by atoms with Gasteiger partial charge < -0.3 is 9.88 Å². The van der Waals surface area contributed by atoms with Gasteiger partial charge in [-0.25, -0.2) is 13.8 Å². The van der Waals surface area contributed by atoms with Crippen LogP contribution in [0.2, 0.25) is 0 Å². The zero-order chi connectivity index (χ0) is 14.5. The average Bonchev–Trinajstić information content (AvgIpc) is 2.85. The van der Waals surface area contributed by atoms with Gasteiger partial charge in [0.1, 0.15) is 5.82 Å². The molecule has 0 saturated carbocycles. The lowest BCUT2D eigenvalue weighted by Gasteiger charge is -2.18. The molecule has 0 aliphatic heterocycles. The molecule has 1 aromatic carbocycles. The number of benzene rings is 1. The molecule has 0 aliphatic rings. The topological polar surface area (TPSA) is 29.9 Å². The third kappa shape index (κ3) is 3.42. The van der Waals surface area contributed by atoms with E-state index in [9.17, 15) is 8.78 Å². The van der Waals surface area contributed by atoms with Crippen molar-refractivity contribution in [1.29, 1.82) is 0 Å². The lowest BCUT2D eigenvalue weighted by atomic mass is 10.0. The molecule has 0 fully saturated rings. The van der Waals surface area contributed by atoms with E-state index in [4.69, 9.17) is 0 Å². The molecule has 2 aromatic rings. The fraction of sp³-hybridized carbons (Fsp3) is 0.400. The Labute approximate surface area is 117 Å². The highest BCUT2D eigenvalue weighted by molar-refractivity contribution is 5.20. The summed E-state index contributed by atoms with van der Waals surface area (Å²) in [6, 6.07) is 4.01. The standard InChI is InChI=1S/C15H19F2N3/c1-3-6-18-14(15-19-7-8-20(15)2)10-11-4-5-12(16)13(17)9-11/h4-5,7-9,14,18H,3,6,10H2,1-2H3. The Hall–Kier alpha value is -1.75. The molecule has 0 aliphatic carbocycles. The predicted molar refractivity (Wildman–Crippen MR) is 74.3 cm³/mol. The highest BCUT2D eigenvalue weighted by Gasteiger charge is 2.16. The SMILES string of the molecule is CCCNC(Cc1ccc(F)c(F)c1)c1nccn1C. The summed E-state index contributed by atoms with van der Waals surface area (Å²) in [6.45, 7) is 2.93. The summed E-state index contributed by atoms with van der Waals surface area (Å²) < 4.78 is 28.2. The number of aryl methyl sites for hydroxylation is 1. The maximum absolute atomic E-state index is 13.3. The lowest BCUT2D eigenvalue weighted by molar-refractivity contribution is 0.483. The molecule has 5 heteroatoms. The van der Waals surface area contributed by atoms with Gasteiger partial charge in [-0.15, -0.1) is 0 Å². The van der Waals surface area contributed by atoms with Crippen LogP contribution >= 0.6 is 0 Å². The van der Waals surface area contributed by atoms with Crippen LogP contribution in [0.5, 0.6) is 0 Å². The molecule has 1 N–H and O–H groups in total. The summed E-state index contributed by atoms with van der Waals surface area (Å²) in [4.78, 5) is 4.34. The van der Waals surface area contributed by atoms with E-state index in [0.717, 1.165) is 24.4 Å². The second kappa shape index (κ2) is 6.61. The molecular formula is C15H19F2N3. The molecule has 1 atom stereocenters. The monoisotopic (exact) mass is 279 g/mol. The van der Waals surface area contributed by atoms with Crippen molar-refractivity contribution in [2.75, 3.05) is 6.54 Å². The van der Waals surface area contributed by atoms with Crippen LogP contribution in [0, 0.1) is 11.6 Å². The summed E-state index contributed by atoms with van der Waals surface area (Å²) in [5.41, 5.74) is 0.750. The summed E-state index contributed by atoms with van der Waals surface area (Å²) in [7, 11) is 1.92. The number of hydrogen-bond acceptors (Lipinski definition) is 2. The first kappa shape index (κ1) is 14.7. The van der Waals surface area contributed by atoms with Crippen LogP contribution in [-0.4, -0.2) is 16.1 Å². The van der Waals surface area contributed by atoms with Gasteiger partial charge in [0.15, 0.2) is 11.6 Å². The fourth-order valence-corrected chi connectivity index (χ4v) is 2.19. The summed E-state index contributed by atoms with van der Waals surface area (Å²) in [5.74, 6) is -0.733. The van der Waals surface area contributed by atoms with E-state index in [2.05, 4.69) is 17.2 Å². The average molecular weight is 279 g/mol. The minimum absolute atomic E-state index is 0.0141. The maximum atomic E-state index is 13.3. The van der Waals surface area contributed by atoms with E-state index in [1.54, 1.807) is 12.3 Å². The van der Waals surface area contributed by atoms with Crippen molar-refractivity contribution in [3.8, 4) is 0 Å². The Bertz CT molecular complexity index is 566. The summed E-state index contributed by atoms with van der Waals surface area (Å²) in [5, 5.41) is 3.40. The van der Waals surface area contributed by atoms with Crippen molar-refractivity contribution in [2.45, 2.75) is 25.8 Å². The molecule has 20 heavy (non-hydrogen) atoms. The zero-order valence-electron chi connectivity index (χ0n) is 11.7. The molecule has 0 radical (unpaired) electrons. The Morgan fingerprint density at radius 3 is 2.70 bits per heavy atom.